The first-order valence-corrected chi connectivity index (χ1v) is 14.4. The van der Waals surface area contributed by atoms with Crippen LogP contribution in [0.4, 0.5) is 0 Å². The molecule has 0 bridgehead atoms. The Bertz CT molecular complexity index is 1620. The molecule has 3 aromatic rings. The van der Waals surface area contributed by atoms with Crippen molar-refractivity contribution in [1.82, 2.24) is 4.31 Å². The van der Waals surface area contributed by atoms with Crippen molar-refractivity contribution in [2.24, 2.45) is 5.41 Å². The molecule has 0 atom stereocenters. The predicted molar refractivity (Wildman–Crippen MR) is 153 cm³/mol. The number of rotatable bonds is 6. The van der Waals surface area contributed by atoms with Crippen LogP contribution in [0.2, 0.25) is 0 Å². The zero-order valence-electron chi connectivity index (χ0n) is 22.3. The molecular formula is C33H31NO4S. The van der Waals surface area contributed by atoms with Gasteiger partial charge in [-0.2, -0.15) is 0 Å². The fourth-order valence-corrected chi connectivity index (χ4v) is 6.41. The van der Waals surface area contributed by atoms with Crippen LogP contribution in [-0.2, 0) is 26.1 Å². The molecule has 0 spiro atoms. The van der Waals surface area contributed by atoms with Crippen LogP contribution in [-0.4, -0.2) is 18.7 Å². The van der Waals surface area contributed by atoms with Gasteiger partial charge in [0.15, 0.2) is 0 Å². The summed E-state index contributed by atoms with van der Waals surface area (Å²) in [7, 11) is -3.99. The number of ether oxygens (including phenoxy) is 1. The summed E-state index contributed by atoms with van der Waals surface area (Å²) in [6, 6.07) is 26.0. The second kappa shape index (κ2) is 10.6. The monoisotopic (exact) mass is 537 g/mol. The Morgan fingerprint density at radius 1 is 0.923 bits per heavy atom. The van der Waals surface area contributed by atoms with Gasteiger partial charge in [-0.3, -0.25) is 0 Å². The van der Waals surface area contributed by atoms with Crippen molar-refractivity contribution in [3.8, 4) is 0 Å². The van der Waals surface area contributed by atoms with Gasteiger partial charge < -0.3 is 4.74 Å². The van der Waals surface area contributed by atoms with Crippen LogP contribution in [0, 0.1) is 12.3 Å². The van der Waals surface area contributed by atoms with E-state index in [9.17, 15) is 13.2 Å². The third-order valence-electron chi connectivity index (χ3n) is 6.94. The minimum Gasteiger partial charge on any atom is -0.444 e. The van der Waals surface area contributed by atoms with Gasteiger partial charge in [0.05, 0.1) is 11.4 Å². The van der Waals surface area contributed by atoms with Crippen molar-refractivity contribution in [3.63, 3.8) is 0 Å². The molecular weight excluding hydrogens is 506 g/mol. The van der Waals surface area contributed by atoms with Crippen molar-refractivity contribution in [2.75, 3.05) is 0 Å². The average molecular weight is 538 g/mol. The third-order valence-corrected chi connectivity index (χ3v) is 8.70. The Kier molecular flexibility index (Phi) is 7.17. The van der Waals surface area contributed by atoms with E-state index in [2.05, 4.69) is 19.8 Å². The summed E-state index contributed by atoms with van der Waals surface area (Å²) in [5, 5.41) is 0. The van der Waals surface area contributed by atoms with Crippen molar-refractivity contribution in [2.45, 2.75) is 45.1 Å². The molecule has 1 aliphatic heterocycles. The molecule has 6 heteroatoms. The van der Waals surface area contributed by atoms with E-state index in [0.717, 1.165) is 22.3 Å². The maximum Gasteiger partial charge on any atom is 0.266 e. The Hall–Kier alpha value is -4.12. The summed E-state index contributed by atoms with van der Waals surface area (Å²) in [6.07, 6.45) is 4.81. The molecule has 1 aliphatic carbocycles. The molecule has 1 heterocycles. The number of hydrogen-bond donors (Lipinski definition) is 0. The molecule has 0 N–H and O–H groups in total. The maximum atomic E-state index is 14.1. The average Bonchev–Trinajstić information content (AvgIpc) is 2.91. The molecule has 0 unspecified atom stereocenters. The number of nitrogens with zero attached hydrogens (tertiary/aromatic N) is 1. The van der Waals surface area contributed by atoms with E-state index >= 15 is 0 Å². The van der Waals surface area contributed by atoms with E-state index in [1.54, 1.807) is 30.3 Å². The normalized spacial score (nSPS) is 17.7. The first-order chi connectivity index (χ1) is 18.7. The van der Waals surface area contributed by atoms with Crippen molar-refractivity contribution >= 4 is 22.0 Å². The Labute approximate surface area is 230 Å². The summed E-state index contributed by atoms with van der Waals surface area (Å²) in [5.74, 6) is 2.93. The van der Waals surface area contributed by atoms with Gasteiger partial charge in [0.25, 0.3) is 10.0 Å². The standard InChI is InChI=1S/C33H31NO4S/c1-24-14-16-29(17-15-24)39(36,37)34(22-26-12-8-5-9-13-26)31-19-27(18-25-10-6-4-7-11-25)32-28(23-35)20-33(2,3)21-30(32)38-31/h4-19H,20-22H2,1-3H3. The highest BCUT2D eigenvalue weighted by molar-refractivity contribution is 7.89. The summed E-state index contributed by atoms with van der Waals surface area (Å²) >= 11 is 0. The SMILES string of the molecule is Cc1ccc(S(=O)(=O)N(Cc2ccccc2)C2=CC(=Cc3ccccc3)C3=C(CC(C)(C)CC3=C=O)O2)cc1. The van der Waals surface area contributed by atoms with Gasteiger partial charge in [-0.1, -0.05) is 92.2 Å². The molecule has 198 valence electrons. The van der Waals surface area contributed by atoms with Crippen LogP contribution in [0.25, 0.3) is 6.08 Å². The lowest BCUT2D eigenvalue weighted by Gasteiger charge is -2.38. The van der Waals surface area contributed by atoms with Crippen LogP contribution in [0.1, 0.15) is 43.4 Å². The quantitative estimate of drug-likeness (QED) is 0.319. The largest absolute Gasteiger partial charge is 0.444 e. The molecule has 39 heavy (non-hydrogen) atoms. The van der Waals surface area contributed by atoms with Crippen LogP contribution < -0.4 is 0 Å². The number of hydrogen-bond acceptors (Lipinski definition) is 4. The second-order valence-corrected chi connectivity index (χ2v) is 12.7. The van der Waals surface area contributed by atoms with E-state index in [-0.39, 0.29) is 22.7 Å². The molecule has 0 radical (unpaired) electrons. The first-order valence-electron chi connectivity index (χ1n) is 12.9. The minimum atomic E-state index is -3.99. The summed E-state index contributed by atoms with van der Waals surface area (Å²) in [6.45, 7) is 6.15. The highest BCUT2D eigenvalue weighted by atomic mass is 32.2. The van der Waals surface area contributed by atoms with Crippen LogP contribution in [0.3, 0.4) is 0 Å². The van der Waals surface area contributed by atoms with Crippen molar-refractivity contribution in [3.05, 3.63) is 136 Å². The number of sulfonamides is 1. The molecule has 0 amide bonds. The fraction of sp³-hybridized carbons (Fsp3) is 0.212. The van der Waals surface area contributed by atoms with E-state index in [4.69, 9.17) is 4.74 Å². The summed E-state index contributed by atoms with van der Waals surface area (Å²) in [4.78, 5) is 12.3. The van der Waals surface area contributed by atoms with E-state index in [1.807, 2.05) is 73.7 Å². The lowest BCUT2D eigenvalue weighted by atomic mass is 9.72. The molecule has 0 aromatic heterocycles. The van der Waals surface area contributed by atoms with E-state index in [1.165, 1.54) is 4.31 Å². The van der Waals surface area contributed by atoms with Gasteiger partial charge in [-0.05, 0) is 53.7 Å². The summed E-state index contributed by atoms with van der Waals surface area (Å²) in [5.41, 5.74) is 4.44. The van der Waals surface area contributed by atoms with Crippen molar-refractivity contribution in [1.29, 1.82) is 0 Å². The molecule has 5 nitrogen and oxygen atoms in total. The van der Waals surface area contributed by atoms with Crippen LogP contribution in [0.15, 0.2) is 124 Å². The van der Waals surface area contributed by atoms with Gasteiger partial charge in [0, 0.05) is 23.6 Å². The second-order valence-electron chi connectivity index (χ2n) is 10.8. The lowest BCUT2D eigenvalue weighted by molar-refractivity contribution is 0.169. The lowest BCUT2D eigenvalue weighted by Crippen LogP contribution is -2.34. The predicted octanol–water partition coefficient (Wildman–Crippen LogP) is 6.97. The van der Waals surface area contributed by atoms with Crippen molar-refractivity contribution < 1.29 is 17.9 Å². The third kappa shape index (κ3) is 5.68. The number of carbonyl (C=O) groups excluding carboxylic acids is 1. The van der Waals surface area contributed by atoms with E-state index < -0.39 is 10.0 Å². The molecule has 5 rings (SSSR count). The number of benzene rings is 3. The Morgan fingerprint density at radius 2 is 1.56 bits per heavy atom. The topological polar surface area (TPSA) is 63.7 Å². The zero-order valence-corrected chi connectivity index (χ0v) is 23.2. The van der Waals surface area contributed by atoms with Gasteiger partial charge in [0.2, 0.25) is 5.88 Å². The highest BCUT2D eigenvalue weighted by Gasteiger charge is 2.39. The van der Waals surface area contributed by atoms with Gasteiger partial charge in [0.1, 0.15) is 11.7 Å². The molecule has 0 saturated carbocycles. The Morgan fingerprint density at radius 3 is 2.21 bits per heavy atom. The highest BCUT2D eigenvalue weighted by Crippen LogP contribution is 2.47. The number of allylic oxidation sites excluding steroid dienone is 5. The minimum absolute atomic E-state index is 0.0872. The van der Waals surface area contributed by atoms with Crippen LogP contribution in [0.5, 0.6) is 0 Å². The molecule has 2 aliphatic rings. The first kappa shape index (κ1) is 26.5. The number of aryl methyl sites for hydroxylation is 1. The summed E-state index contributed by atoms with van der Waals surface area (Å²) < 4.78 is 36.0. The van der Waals surface area contributed by atoms with Gasteiger partial charge in [-0.25, -0.2) is 17.5 Å². The molecule has 3 aromatic carbocycles. The van der Waals surface area contributed by atoms with Gasteiger partial charge in [-0.15, -0.1) is 0 Å². The van der Waals surface area contributed by atoms with E-state index in [0.29, 0.717) is 29.7 Å². The maximum absolute atomic E-state index is 14.1. The fourth-order valence-electron chi connectivity index (χ4n) is 5.02. The van der Waals surface area contributed by atoms with Gasteiger partial charge >= 0.3 is 0 Å². The Balaban J connectivity index is 1.69. The smallest absolute Gasteiger partial charge is 0.266 e. The zero-order chi connectivity index (χ0) is 27.6. The van der Waals surface area contributed by atoms with Crippen LogP contribution >= 0.6 is 0 Å². The molecule has 0 fully saturated rings. The molecule has 0 saturated heterocycles.